The molecular weight excluding hydrogens is 298 g/mol. The minimum absolute atomic E-state index is 0.133. The third-order valence-electron chi connectivity index (χ3n) is 4.92. The van der Waals surface area contributed by atoms with E-state index in [1.54, 1.807) is 6.92 Å². The molecule has 1 unspecified atom stereocenters. The molecule has 2 aromatic rings. The molecule has 1 aliphatic rings. The van der Waals surface area contributed by atoms with Crippen LogP contribution in [0.5, 0.6) is 0 Å². The van der Waals surface area contributed by atoms with E-state index in [1.807, 2.05) is 19.3 Å². The van der Waals surface area contributed by atoms with Crippen molar-refractivity contribution in [2.45, 2.75) is 19.9 Å². The van der Waals surface area contributed by atoms with E-state index in [9.17, 15) is 4.79 Å². The van der Waals surface area contributed by atoms with Crippen LogP contribution in [-0.4, -0.2) is 41.9 Å². The molecule has 24 heavy (non-hydrogen) atoms. The third-order valence-corrected chi connectivity index (χ3v) is 4.92. The van der Waals surface area contributed by atoms with Crippen molar-refractivity contribution in [2.24, 2.45) is 13.0 Å². The molecule has 3 rings (SSSR count). The Morgan fingerprint density at radius 2 is 2.04 bits per heavy atom. The highest BCUT2D eigenvalue weighted by molar-refractivity contribution is 5.94. The summed E-state index contributed by atoms with van der Waals surface area (Å²) < 4.78 is 2.07. The minimum Gasteiger partial charge on any atom is -0.371 e. The molecule has 4 heteroatoms. The molecule has 1 aromatic carbocycles. The molecule has 0 N–H and O–H groups in total. The second-order valence-electron chi connectivity index (χ2n) is 7.02. The number of ketones is 1. The minimum atomic E-state index is 0.133. The molecule has 0 radical (unpaired) electrons. The number of carbonyl (C=O) groups excluding carboxylic acids is 1. The maximum absolute atomic E-state index is 11.5. The number of hydrogen-bond acceptors (Lipinski definition) is 3. The maximum Gasteiger partial charge on any atom is 0.161 e. The van der Waals surface area contributed by atoms with Gasteiger partial charge in [-0.3, -0.25) is 4.79 Å². The van der Waals surface area contributed by atoms with Crippen LogP contribution in [0.1, 0.15) is 29.4 Å². The molecule has 1 fully saturated rings. The zero-order chi connectivity index (χ0) is 17.1. The molecule has 2 heterocycles. The van der Waals surface area contributed by atoms with Crippen LogP contribution in [0.4, 0.5) is 5.69 Å². The van der Waals surface area contributed by atoms with E-state index in [2.05, 4.69) is 51.7 Å². The fourth-order valence-corrected chi connectivity index (χ4v) is 3.60. The number of benzene rings is 1. The number of anilines is 1. The van der Waals surface area contributed by atoms with Gasteiger partial charge in [0.15, 0.2) is 5.78 Å². The Balaban J connectivity index is 1.54. The van der Waals surface area contributed by atoms with Crippen LogP contribution in [-0.2, 0) is 13.6 Å². The molecule has 0 bridgehead atoms. The average Bonchev–Trinajstić information content (AvgIpc) is 3.16. The van der Waals surface area contributed by atoms with Crippen LogP contribution in [0.2, 0.25) is 0 Å². The molecule has 0 spiro atoms. The predicted molar refractivity (Wildman–Crippen MR) is 98.5 cm³/mol. The van der Waals surface area contributed by atoms with Gasteiger partial charge in [-0.1, -0.05) is 18.2 Å². The van der Waals surface area contributed by atoms with Gasteiger partial charge in [0.25, 0.3) is 0 Å². The Morgan fingerprint density at radius 3 is 2.71 bits per heavy atom. The van der Waals surface area contributed by atoms with Gasteiger partial charge in [-0.05, 0) is 44.5 Å². The smallest absolute Gasteiger partial charge is 0.161 e. The van der Waals surface area contributed by atoms with Gasteiger partial charge in [-0.2, -0.15) is 0 Å². The SMILES string of the molecule is CC(=O)c1cc(CN(C)CC2CCN(c3ccccc3)C2)n(C)c1. The van der Waals surface area contributed by atoms with Crippen LogP contribution in [0, 0.1) is 5.92 Å². The fraction of sp³-hybridized carbons (Fsp3) is 0.450. The summed E-state index contributed by atoms with van der Waals surface area (Å²) in [6, 6.07) is 12.7. The Labute approximate surface area is 144 Å². The quantitative estimate of drug-likeness (QED) is 0.764. The largest absolute Gasteiger partial charge is 0.371 e. The van der Waals surface area contributed by atoms with Gasteiger partial charge >= 0.3 is 0 Å². The molecule has 1 saturated heterocycles. The van der Waals surface area contributed by atoms with Crippen molar-refractivity contribution in [3.63, 3.8) is 0 Å². The van der Waals surface area contributed by atoms with Crippen molar-refractivity contribution in [3.8, 4) is 0 Å². The van der Waals surface area contributed by atoms with Gasteiger partial charge in [-0.25, -0.2) is 0 Å². The summed E-state index contributed by atoms with van der Waals surface area (Å²) in [6.07, 6.45) is 3.17. The number of hydrogen-bond donors (Lipinski definition) is 0. The van der Waals surface area contributed by atoms with Crippen LogP contribution in [0.25, 0.3) is 0 Å². The molecule has 0 aliphatic carbocycles. The summed E-state index contributed by atoms with van der Waals surface area (Å²) in [4.78, 5) is 16.4. The lowest BCUT2D eigenvalue weighted by atomic mass is 10.1. The summed E-state index contributed by atoms with van der Waals surface area (Å²) in [5.41, 5.74) is 3.33. The van der Waals surface area contributed by atoms with Crippen LogP contribution >= 0.6 is 0 Å². The molecular formula is C20H27N3O. The standard InChI is InChI=1S/C20H27N3O/c1-16(24)18-11-20(22(3)14-18)15-21(2)12-17-9-10-23(13-17)19-7-5-4-6-8-19/h4-8,11,14,17H,9-10,12-13,15H2,1-3H3. The lowest BCUT2D eigenvalue weighted by Gasteiger charge is -2.22. The number of aromatic nitrogens is 1. The van der Waals surface area contributed by atoms with E-state index in [1.165, 1.54) is 17.8 Å². The molecule has 1 atom stereocenters. The number of aryl methyl sites for hydroxylation is 1. The zero-order valence-corrected chi connectivity index (χ0v) is 14.9. The first kappa shape index (κ1) is 16.8. The van der Waals surface area contributed by atoms with E-state index < -0.39 is 0 Å². The summed E-state index contributed by atoms with van der Waals surface area (Å²) >= 11 is 0. The van der Waals surface area contributed by atoms with Gasteiger partial charge in [0.05, 0.1) is 0 Å². The zero-order valence-electron chi connectivity index (χ0n) is 14.9. The van der Waals surface area contributed by atoms with Gasteiger partial charge in [0.1, 0.15) is 0 Å². The van der Waals surface area contributed by atoms with E-state index in [0.29, 0.717) is 5.92 Å². The number of para-hydroxylation sites is 1. The van der Waals surface area contributed by atoms with E-state index in [-0.39, 0.29) is 5.78 Å². The fourth-order valence-electron chi connectivity index (χ4n) is 3.60. The van der Waals surface area contributed by atoms with Crippen molar-refractivity contribution in [1.82, 2.24) is 9.47 Å². The van der Waals surface area contributed by atoms with Gasteiger partial charge in [-0.15, -0.1) is 0 Å². The highest BCUT2D eigenvalue weighted by Gasteiger charge is 2.24. The second kappa shape index (κ2) is 7.22. The Kier molecular flexibility index (Phi) is 5.05. The van der Waals surface area contributed by atoms with Crippen LogP contribution < -0.4 is 4.90 Å². The first-order valence-corrected chi connectivity index (χ1v) is 8.67. The molecule has 1 aromatic heterocycles. The topological polar surface area (TPSA) is 28.5 Å². The summed E-state index contributed by atoms with van der Waals surface area (Å²) in [7, 11) is 4.19. The number of carbonyl (C=O) groups is 1. The summed E-state index contributed by atoms with van der Waals surface area (Å²) in [5, 5.41) is 0. The van der Waals surface area contributed by atoms with E-state index in [0.717, 1.165) is 31.7 Å². The van der Waals surface area contributed by atoms with Crippen molar-refractivity contribution in [3.05, 3.63) is 53.9 Å². The monoisotopic (exact) mass is 325 g/mol. The Bertz CT molecular complexity index is 692. The van der Waals surface area contributed by atoms with E-state index >= 15 is 0 Å². The lowest BCUT2D eigenvalue weighted by molar-refractivity contribution is 0.101. The predicted octanol–water partition coefficient (Wildman–Crippen LogP) is 3.19. The highest BCUT2D eigenvalue weighted by Crippen LogP contribution is 2.24. The third kappa shape index (κ3) is 3.88. The van der Waals surface area contributed by atoms with Crippen LogP contribution in [0.15, 0.2) is 42.6 Å². The van der Waals surface area contributed by atoms with Crippen molar-refractivity contribution >= 4 is 11.5 Å². The first-order valence-electron chi connectivity index (χ1n) is 8.67. The molecule has 1 aliphatic heterocycles. The number of Topliss-reactive ketones (excluding diaryl/α,β-unsaturated/α-hetero) is 1. The summed E-state index contributed by atoms with van der Waals surface area (Å²) in [5.74, 6) is 0.830. The maximum atomic E-state index is 11.5. The number of nitrogens with zero attached hydrogens (tertiary/aromatic N) is 3. The molecule has 0 amide bonds. The molecule has 0 saturated carbocycles. The van der Waals surface area contributed by atoms with Gasteiger partial charge < -0.3 is 14.4 Å². The lowest BCUT2D eigenvalue weighted by Crippen LogP contribution is -2.28. The van der Waals surface area contributed by atoms with Crippen molar-refractivity contribution in [2.75, 3.05) is 31.6 Å². The average molecular weight is 325 g/mol. The molecule has 4 nitrogen and oxygen atoms in total. The molecule has 128 valence electrons. The van der Waals surface area contributed by atoms with E-state index in [4.69, 9.17) is 0 Å². The Morgan fingerprint density at radius 1 is 1.29 bits per heavy atom. The van der Waals surface area contributed by atoms with Gasteiger partial charge in [0.2, 0.25) is 0 Å². The first-order chi connectivity index (χ1) is 11.5. The van der Waals surface area contributed by atoms with Gasteiger partial charge in [0, 0.05) is 56.4 Å². The second-order valence-corrected chi connectivity index (χ2v) is 7.02. The summed E-state index contributed by atoms with van der Waals surface area (Å²) in [6.45, 7) is 5.86. The van der Waals surface area contributed by atoms with Crippen LogP contribution in [0.3, 0.4) is 0 Å². The normalized spacial score (nSPS) is 17.7. The highest BCUT2D eigenvalue weighted by atomic mass is 16.1. The van der Waals surface area contributed by atoms with Crippen molar-refractivity contribution < 1.29 is 4.79 Å². The number of rotatable bonds is 6. The Hall–Kier alpha value is -2.07. The van der Waals surface area contributed by atoms with Crippen molar-refractivity contribution in [1.29, 1.82) is 0 Å².